The molecule has 3 aromatic carbocycles. The van der Waals surface area contributed by atoms with Crippen molar-refractivity contribution in [2.24, 2.45) is 0 Å². The first-order valence-corrected chi connectivity index (χ1v) is 13.8. The maximum Gasteiger partial charge on any atom is 0.318 e. The number of para-hydroxylation sites is 1. The van der Waals surface area contributed by atoms with E-state index in [0.29, 0.717) is 35.9 Å². The Labute approximate surface area is 228 Å². The molecule has 0 bridgehead atoms. The number of oxazole rings is 1. The Bertz CT molecular complexity index is 1500. The topological polar surface area (TPSA) is 113 Å². The maximum atomic E-state index is 13.2. The molecule has 0 saturated carbocycles. The van der Waals surface area contributed by atoms with Crippen LogP contribution in [0.15, 0.2) is 83.3 Å². The summed E-state index contributed by atoms with van der Waals surface area (Å²) in [5, 5.41) is 9.35. The summed E-state index contributed by atoms with van der Waals surface area (Å²) in [5.41, 5.74) is 3.96. The smallest absolute Gasteiger partial charge is 0.318 e. The summed E-state index contributed by atoms with van der Waals surface area (Å²) in [6.07, 6.45) is 0.555. The number of ether oxygens (including phenoxy) is 1. The normalized spacial score (nSPS) is 11.5. The van der Waals surface area contributed by atoms with Crippen LogP contribution in [0.4, 0.5) is 5.69 Å². The molecule has 0 radical (unpaired) electrons. The van der Waals surface area contributed by atoms with Gasteiger partial charge in [-0.15, -0.1) is 0 Å². The molecule has 0 aliphatic heterocycles. The predicted molar refractivity (Wildman–Crippen MR) is 149 cm³/mol. The van der Waals surface area contributed by atoms with Crippen LogP contribution in [-0.4, -0.2) is 49.0 Å². The van der Waals surface area contributed by atoms with Gasteiger partial charge in [-0.05, 0) is 55.8 Å². The summed E-state index contributed by atoms with van der Waals surface area (Å²) in [6.45, 7) is 3.51. The van der Waals surface area contributed by atoms with E-state index in [9.17, 15) is 18.3 Å². The molecule has 1 aromatic heterocycles. The zero-order valence-corrected chi connectivity index (χ0v) is 22.9. The lowest BCUT2D eigenvalue weighted by Crippen LogP contribution is -2.44. The predicted octanol–water partition coefficient (Wildman–Crippen LogP) is 4.85. The number of nitrogens with zero attached hydrogens (tertiary/aromatic N) is 3. The molecular formula is C29H31N3O6S. The summed E-state index contributed by atoms with van der Waals surface area (Å²) < 4.78 is 40.1. The van der Waals surface area contributed by atoms with E-state index in [1.54, 1.807) is 54.6 Å². The fraction of sp³-hybridized carbons (Fsp3) is 0.241. The van der Waals surface area contributed by atoms with Gasteiger partial charge >= 0.3 is 16.2 Å². The largest absolute Gasteiger partial charge is 0.493 e. The number of hydrogen-bond donors (Lipinski definition) is 1. The molecule has 10 heteroatoms. The van der Waals surface area contributed by atoms with Crippen LogP contribution >= 0.6 is 0 Å². The van der Waals surface area contributed by atoms with Gasteiger partial charge in [0.2, 0.25) is 5.89 Å². The lowest BCUT2D eigenvalue weighted by molar-refractivity contribution is -0.137. The van der Waals surface area contributed by atoms with Crippen molar-refractivity contribution in [3.8, 4) is 17.2 Å². The molecule has 39 heavy (non-hydrogen) atoms. The van der Waals surface area contributed by atoms with E-state index in [1.165, 1.54) is 7.05 Å². The fourth-order valence-electron chi connectivity index (χ4n) is 3.95. The fourth-order valence-corrected chi connectivity index (χ4v) is 5.27. The molecule has 9 nitrogen and oxygen atoms in total. The van der Waals surface area contributed by atoms with Gasteiger partial charge in [0.25, 0.3) is 0 Å². The molecule has 1 heterocycles. The molecule has 0 unspecified atom stereocenters. The second-order valence-corrected chi connectivity index (χ2v) is 11.1. The Morgan fingerprint density at radius 3 is 2.28 bits per heavy atom. The highest BCUT2D eigenvalue weighted by Gasteiger charge is 2.29. The van der Waals surface area contributed by atoms with E-state index in [2.05, 4.69) is 4.98 Å². The number of hydrogen-bond acceptors (Lipinski definition) is 6. The van der Waals surface area contributed by atoms with Gasteiger partial charge in [-0.2, -0.15) is 12.7 Å². The molecule has 0 aliphatic rings. The summed E-state index contributed by atoms with van der Waals surface area (Å²) in [7, 11) is -2.69. The Balaban J connectivity index is 1.38. The van der Waals surface area contributed by atoms with Crippen molar-refractivity contribution >= 4 is 21.9 Å². The molecule has 0 spiro atoms. The first-order chi connectivity index (χ1) is 18.6. The molecular weight excluding hydrogens is 518 g/mol. The average Bonchev–Trinajstić information content (AvgIpc) is 3.29. The van der Waals surface area contributed by atoms with Gasteiger partial charge in [-0.25, -0.2) is 4.98 Å². The van der Waals surface area contributed by atoms with Crippen LogP contribution in [0.25, 0.3) is 11.5 Å². The van der Waals surface area contributed by atoms with Crippen LogP contribution in [0, 0.1) is 13.8 Å². The van der Waals surface area contributed by atoms with Gasteiger partial charge < -0.3 is 14.3 Å². The van der Waals surface area contributed by atoms with Crippen LogP contribution in [0.3, 0.4) is 0 Å². The van der Waals surface area contributed by atoms with Crippen molar-refractivity contribution in [1.82, 2.24) is 9.29 Å². The average molecular weight is 550 g/mol. The number of carboxylic acids is 1. The third-order valence-electron chi connectivity index (χ3n) is 6.18. The second-order valence-electron chi connectivity index (χ2n) is 9.10. The molecule has 0 amide bonds. The minimum atomic E-state index is -4.09. The van der Waals surface area contributed by atoms with Gasteiger partial charge in [-0.1, -0.05) is 48.0 Å². The lowest BCUT2D eigenvalue weighted by atomic mass is 10.1. The van der Waals surface area contributed by atoms with Crippen molar-refractivity contribution in [3.05, 3.63) is 101 Å². The minimum absolute atomic E-state index is 0.105. The number of rotatable bonds is 12. The number of carbonyl (C=O) groups is 1. The lowest BCUT2D eigenvalue weighted by Gasteiger charge is -2.27. The highest BCUT2D eigenvalue weighted by Crippen LogP contribution is 2.24. The third kappa shape index (κ3) is 7.04. The molecule has 0 fully saturated rings. The number of aromatic nitrogens is 1. The Morgan fingerprint density at radius 1 is 0.974 bits per heavy atom. The van der Waals surface area contributed by atoms with Crippen molar-refractivity contribution < 1.29 is 27.5 Å². The van der Waals surface area contributed by atoms with E-state index in [4.69, 9.17) is 9.15 Å². The van der Waals surface area contributed by atoms with Gasteiger partial charge in [0, 0.05) is 25.6 Å². The van der Waals surface area contributed by atoms with E-state index < -0.39 is 22.7 Å². The van der Waals surface area contributed by atoms with Gasteiger partial charge in [0.1, 0.15) is 18.1 Å². The molecule has 204 valence electrons. The van der Waals surface area contributed by atoms with Crippen LogP contribution < -0.4 is 9.04 Å². The zero-order valence-electron chi connectivity index (χ0n) is 22.1. The summed E-state index contributed by atoms with van der Waals surface area (Å²) in [5.74, 6) is 0.678. The van der Waals surface area contributed by atoms with Crippen LogP contribution in [0.5, 0.6) is 5.75 Å². The van der Waals surface area contributed by atoms with Crippen LogP contribution in [-0.2, 0) is 28.0 Å². The van der Waals surface area contributed by atoms with Gasteiger partial charge in [0.15, 0.2) is 0 Å². The molecule has 4 rings (SSSR count). The van der Waals surface area contributed by atoms with Crippen molar-refractivity contribution in [1.29, 1.82) is 0 Å². The molecule has 1 N–H and O–H groups in total. The Kier molecular flexibility index (Phi) is 8.68. The highest BCUT2D eigenvalue weighted by atomic mass is 32.2. The quantitative estimate of drug-likeness (QED) is 0.269. The van der Waals surface area contributed by atoms with E-state index in [-0.39, 0.29) is 6.54 Å². The number of carboxylic acid groups (broad SMARTS) is 1. The van der Waals surface area contributed by atoms with Crippen LogP contribution in [0.2, 0.25) is 0 Å². The zero-order chi connectivity index (χ0) is 28.0. The van der Waals surface area contributed by atoms with Crippen molar-refractivity contribution in [2.75, 3.05) is 24.5 Å². The molecule has 0 saturated heterocycles. The number of anilines is 1. The highest BCUT2D eigenvalue weighted by molar-refractivity contribution is 7.90. The molecule has 0 aliphatic carbocycles. The van der Waals surface area contributed by atoms with Crippen LogP contribution in [0.1, 0.15) is 22.6 Å². The van der Waals surface area contributed by atoms with Crippen molar-refractivity contribution in [3.63, 3.8) is 0 Å². The first-order valence-electron chi connectivity index (χ1n) is 12.4. The SMILES string of the molecule is Cc1ccc(-c2nc(CCOc3ccc(CN(CC(=O)O)S(=O)(=O)N(C)c4ccccc4)cc3)c(C)o2)cc1. The number of aryl methyl sites for hydroxylation is 2. The maximum absolute atomic E-state index is 13.2. The summed E-state index contributed by atoms with van der Waals surface area (Å²) in [4.78, 5) is 16.1. The second kappa shape index (κ2) is 12.1. The Morgan fingerprint density at radius 2 is 1.64 bits per heavy atom. The number of benzene rings is 3. The Hall–Kier alpha value is -4.15. The standard InChI is InChI=1S/C29H31N3O6S/c1-21-9-13-24(14-10-21)29-30-27(22(2)38-29)17-18-37-26-15-11-23(12-16-26)19-32(20-28(33)34)39(35,36)31(3)25-7-5-4-6-8-25/h4-16H,17-20H2,1-3H3,(H,33,34). The monoisotopic (exact) mass is 549 g/mol. The van der Waals surface area contributed by atoms with E-state index in [0.717, 1.165) is 31.2 Å². The van der Waals surface area contributed by atoms with E-state index >= 15 is 0 Å². The molecule has 0 atom stereocenters. The van der Waals surface area contributed by atoms with Crippen molar-refractivity contribution in [2.45, 2.75) is 26.8 Å². The minimum Gasteiger partial charge on any atom is -0.493 e. The van der Waals surface area contributed by atoms with Gasteiger partial charge in [0.05, 0.1) is 18.0 Å². The first kappa shape index (κ1) is 27.9. The van der Waals surface area contributed by atoms with E-state index in [1.807, 2.05) is 38.1 Å². The molecule has 4 aromatic rings. The number of aliphatic carboxylic acids is 1. The third-order valence-corrected chi connectivity index (χ3v) is 8.00. The summed E-state index contributed by atoms with van der Waals surface area (Å²) in [6, 6.07) is 23.4. The van der Waals surface area contributed by atoms with Gasteiger partial charge in [-0.3, -0.25) is 9.10 Å². The summed E-state index contributed by atoms with van der Waals surface area (Å²) >= 11 is 0.